The van der Waals surface area contributed by atoms with Gasteiger partial charge in [-0.3, -0.25) is 0 Å². The van der Waals surface area contributed by atoms with Gasteiger partial charge in [-0.25, -0.2) is 12.7 Å². The van der Waals surface area contributed by atoms with Gasteiger partial charge in [0.15, 0.2) is 0 Å². The van der Waals surface area contributed by atoms with Crippen LogP contribution < -0.4 is 5.32 Å². The molecule has 0 radical (unpaired) electrons. The number of nitrogens with one attached hydrogen (secondary N) is 1. The van der Waals surface area contributed by atoms with E-state index in [1.165, 1.54) is 20.2 Å². The summed E-state index contributed by atoms with van der Waals surface area (Å²) in [5.41, 5.74) is -0.250. The molecule has 0 saturated carbocycles. The first kappa shape index (κ1) is 16.9. The lowest BCUT2D eigenvalue weighted by Gasteiger charge is -2.12. The quantitative estimate of drug-likeness (QED) is 0.814. The number of nitrogens with zero attached hydrogens (tertiary/aromatic N) is 1. The number of alkyl halides is 3. The van der Waals surface area contributed by atoms with E-state index in [-0.39, 0.29) is 18.8 Å². The van der Waals surface area contributed by atoms with Gasteiger partial charge in [-0.2, -0.15) is 13.2 Å². The Morgan fingerprint density at radius 2 is 1.90 bits per heavy atom. The van der Waals surface area contributed by atoms with Crippen molar-refractivity contribution < 1.29 is 21.6 Å². The number of halogens is 3. The van der Waals surface area contributed by atoms with E-state index in [2.05, 4.69) is 5.32 Å². The Morgan fingerprint density at radius 3 is 2.45 bits per heavy atom. The standard InChI is InChI=1S/C12H17F3N2O2S/c1-17(2)20(18,19)7-6-16-9-10-4-3-5-11(8-10)12(13,14)15/h3-5,8,16H,6-7,9H2,1-2H3. The molecule has 0 aliphatic heterocycles. The van der Waals surface area contributed by atoms with Crippen molar-refractivity contribution in [2.75, 3.05) is 26.4 Å². The van der Waals surface area contributed by atoms with E-state index in [1.807, 2.05) is 0 Å². The van der Waals surface area contributed by atoms with Crippen LogP contribution in [-0.4, -0.2) is 39.1 Å². The average molecular weight is 310 g/mol. The Labute approximate surface area is 116 Å². The first-order valence-corrected chi connectivity index (χ1v) is 7.51. The molecular formula is C12H17F3N2O2S. The largest absolute Gasteiger partial charge is 0.416 e. The van der Waals surface area contributed by atoms with Crippen LogP contribution in [0.25, 0.3) is 0 Å². The van der Waals surface area contributed by atoms with Crippen molar-refractivity contribution in [2.45, 2.75) is 12.7 Å². The third-order valence-electron chi connectivity index (χ3n) is 2.68. The van der Waals surface area contributed by atoms with Crippen LogP contribution in [-0.2, 0) is 22.7 Å². The Bertz CT molecular complexity index is 542. The molecule has 0 aromatic heterocycles. The molecule has 20 heavy (non-hydrogen) atoms. The summed E-state index contributed by atoms with van der Waals surface area (Å²) in [7, 11) is -0.428. The summed E-state index contributed by atoms with van der Waals surface area (Å²) in [4.78, 5) is 0. The van der Waals surface area contributed by atoms with Crippen molar-refractivity contribution >= 4 is 10.0 Å². The normalized spacial score (nSPS) is 12.9. The second kappa shape index (κ2) is 6.55. The van der Waals surface area contributed by atoms with Crippen molar-refractivity contribution in [1.82, 2.24) is 9.62 Å². The van der Waals surface area contributed by atoms with E-state index >= 15 is 0 Å². The minimum Gasteiger partial charge on any atom is -0.312 e. The molecule has 0 spiro atoms. The van der Waals surface area contributed by atoms with Crippen molar-refractivity contribution in [3.63, 3.8) is 0 Å². The maximum Gasteiger partial charge on any atom is 0.416 e. The molecular weight excluding hydrogens is 293 g/mol. The molecule has 114 valence electrons. The third-order valence-corrected chi connectivity index (χ3v) is 4.51. The average Bonchev–Trinajstić information content (AvgIpc) is 2.34. The maximum absolute atomic E-state index is 12.5. The van der Waals surface area contributed by atoms with E-state index in [0.29, 0.717) is 5.56 Å². The summed E-state index contributed by atoms with van der Waals surface area (Å²) in [5, 5.41) is 2.82. The molecule has 0 aliphatic rings. The zero-order valence-electron chi connectivity index (χ0n) is 11.2. The fourth-order valence-corrected chi connectivity index (χ4v) is 2.24. The van der Waals surface area contributed by atoms with Gasteiger partial charge >= 0.3 is 6.18 Å². The van der Waals surface area contributed by atoms with E-state index in [9.17, 15) is 21.6 Å². The van der Waals surface area contributed by atoms with Gasteiger partial charge in [-0.15, -0.1) is 0 Å². The fourth-order valence-electron chi connectivity index (χ4n) is 1.47. The van der Waals surface area contributed by atoms with Crippen LogP contribution in [0.15, 0.2) is 24.3 Å². The van der Waals surface area contributed by atoms with Gasteiger partial charge in [-0.05, 0) is 11.6 Å². The van der Waals surface area contributed by atoms with Gasteiger partial charge in [0.25, 0.3) is 0 Å². The lowest BCUT2D eigenvalue weighted by molar-refractivity contribution is -0.137. The molecule has 0 fully saturated rings. The van der Waals surface area contributed by atoms with Gasteiger partial charge in [0.1, 0.15) is 0 Å². The molecule has 0 aliphatic carbocycles. The van der Waals surface area contributed by atoms with Crippen LogP contribution in [0.3, 0.4) is 0 Å². The first-order chi connectivity index (χ1) is 9.13. The van der Waals surface area contributed by atoms with E-state index in [1.54, 1.807) is 6.07 Å². The Hall–Kier alpha value is -1.12. The molecule has 0 heterocycles. The van der Waals surface area contributed by atoms with E-state index < -0.39 is 21.8 Å². The Balaban J connectivity index is 2.52. The fraction of sp³-hybridized carbons (Fsp3) is 0.500. The van der Waals surface area contributed by atoms with E-state index in [0.717, 1.165) is 16.4 Å². The Kier molecular flexibility index (Phi) is 5.55. The zero-order chi connectivity index (χ0) is 15.4. The number of rotatable bonds is 6. The van der Waals surface area contributed by atoms with Gasteiger partial charge in [0, 0.05) is 27.2 Å². The Morgan fingerprint density at radius 1 is 1.25 bits per heavy atom. The highest BCUT2D eigenvalue weighted by molar-refractivity contribution is 7.89. The molecule has 0 saturated heterocycles. The number of benzene rings is 1. The van der Waals surface area contributed by atoms with Crippen LogP contribution in [0.5, 0.6) is 0 Å². The predicted octanol–water partition coefficient (Wildman–Crippen LogP) is 1.69. The highest BCUT2D eigenvalue weighted by Crippen LogP contribution is 2.29. The lowest BCUT2D eigenvalue weighted by Crippen LogP contribution is -2.31. The van der Waals surface area contributed by atoms with Crippen molar-refractivity contribution in [3.05, 3.63) is 35.4 Å². The highest BCUT2D eigenvalue weighted by Gasteiger charge is 2.30. The van der Waals surface area contributed by atoms with Gasteiger partial charge in [0.05, 0.1) is 11.3 Å². The van der Waals surface area contributed by atoms with Gasteiger partial charge in [0.2, 0.25) is 10.0 Å². The first-order valence-electron chi connectivity index (χ1n) is 5.90. The van der Waals surface area contributed by atoms with Crippen molar-refractivity contribution in [2.24, 2.45) is 0 Å². The summed E-state index contributed by atoms with van der Waals surface area (Å²) in [6.45, 7) is 0.365. The smallest absolute Gasteiger partial charge is 0.312 e. The van der Waals surface area contributed by atoms with Gasteiger partial charge in [-0.1, -0.05) is 18.2 Å². The summed E-state index contributed by atoms with van der Waals surface area (Å²) >= 11 is 0. The number of hydrogen-bond acceptors (Lipinski definition) is 3. The molecule has 1 aromatic carbocycles. The second-order valence-electron chi connectivity index (χ2n) is 4.47. The van der Waals surface area contributed by atoms with Gasteiger partial charge < -0.3 is 5.32 Å². The maximum atomic E-state index is 12.5. The molecule has 4 nitrogen and oxygen atoms in total. The van der Waals surface area contributed by atoms with Crippen LogP contribution in [0.2, 0.25) is 0 Å². The topological polar surface area (TPSA) is 49.4 Å². The minimum atomic E-state index is -4.37. The summed E-state index contributed by atoms with van der Waals surface area (Å²) in [5.74, 6) is -0.0983. The molecule has 0 bridgehead atoms. The second-order valence-corrected chi connectivity index (χ2v) is 6.78. The number of hydrogen-bond donors (Lipinski definition) is 1. The molecule has 8 heteroatoms. The molecule has 1 rings (SSSR count). The molecule has 1 N–H and O–H groups in total. The molecule has 1 aromatic rings. The molecule has 0 unspecified atom stereocenters. The van der Waals surface area contributed by atoms with Crippen LogP contribution >= 0.6 is 0 Å². The summed E-state index contributed by atoms with van der Waals surface area (Å²) in [6.07, 6.45) is -4.37. The predicted molar refractivity (Wildman–Crippen MR) is 70.6 cm³/mol. The van der Waals surface area contributed by atoms with Crippen LogP contribution in [0, 0.1) is 0 Å². The van der Waals surface area contributed by atoms with E-state index in [4.69, 9.17) is 0 Å². The zero-order valence-corrected chi connectivity index (χ0v) is 12.1. The van der Waals surface area contributed by atoms with Crippen molar-refractivity contribution in [1.29, 1.82) is 0 Å². The summed E-state index contributed by atoms with van der Waals surface area (Å²) < 4.78 is 61.5. The molecule has 0 atom stereocenters. The highest BCUT2D eigenvalue weighted by atomic mass is 32.2. The molecule has 0 amide bonds. The minimum absolute atomic E-state index is 0.0983. The van der Waals surface area contributed by atoms with Crippen molar-refractivity contribution in [3.8, 4) is 0 Å². The lowest BCUT2D eigenvalue weighted by atomic mass is 10.1. The monoisotopic (exact) mass is 310 g/mol. The van der Waals surface area contributed by atoms with Crippen LogP contribution in [0.1, 0.15) is 11.1 Å². The van der Waals surface area contributed by atoms with Crippen LogP contribution in [0.4, 0.5) is 13.2 Å². The summed E-state index contributed by atoms with van der Waals surface area (Å²) in [6, 6.07) is 4.94. The SMILES string of the molecule is CN(C)S(=O)(=O)CCNCc1cccc(C(F)(F)F)c1. The third kappa shape index (κ3) is 5.10. The number of sulfonamides is 1.